The zero-order chi connectivity index (χ0) is 25.5. The first-order valence-electron chi connectivity index (χ1n) is 12.3. The molecule has 3 N–H and O–H groups in total. The molecule has 6 rings (SSSR count). The molecule has 4 aromatic rings. The highest BCUT2D eigenvalue weighted by Crippen LogP contribution is 2.37. The van der Waals surface area contributed by atoms with Gasteiger partial charge >= 0.3 is 0 Å². The van der Waals surface area contributed by atoms with Crippen LogP contribution < -0.4 is 15.8 Å². The van der Waals surface area contributed by atoms with E-state index in [1.165, 1.54) is 29.8 Å². The van der Waals surface area contributed by atoms with E-state index >= 15 is 0 Å². The summed E-state index contributed by atoms with van der Waals surface area (Å²) in [7, 11) is 0. The van der Waals surface area contributed by atoms with Crippen LogP contribution in [0.4, 0.5) is 10.2 Å². The number of nitrogen functional groups attached to an aromatic ring is 1. The van der Waals surface area contributed by atoms with E-state index in [2.05, 4.69) is 31.7 Å². The molecule has 0 saturated carbocycles. The Morgan fingerprint density at radius 3 is 2.62 bits per heavy atom. The maximum absolute atomic E-state index is 14.2. The molecular formula is C26H26FN9O. The first kappa shape index (κ1) is 23.1. The SMILES string of the molecule is C[C@@H](Oc1cc(-c2cnn([C@@H]3C[C@H]4CC[C@@H](C3)N4)c2C#N)cnc1N)c1cc(F)ccc1-n1nccn1. The molecule has 37 heavy (non-hydrogen) atoms. The molecule has 11 heteroatoms. The van der Waals surface area contributed by atoms with Crippen LogP contribution in [0.15, 0.2) is 49.1 Å². The van der Waals surface area contributed by atoms with Gasteiger partial charge in [-0.15, -0.1) is 0 Å². The van der Waals surface area contributed by atoms with Crippen molar-refractivity contribution in [1.82, 2.24) is 35.1 Å². The maximum Gasteiger partial charge on any atom is 0.166 e. The van der Waals surface area contributed by atoms with Crippen LogP contribution in [-0.2, 0) is 0 Å². The molecule has 2 fully saturated rings. The molecule has 2 bridgehead atoms. The Balaban J connectivity index is 1.30. The summed E-state index contributed by atoms with van der Waals surface area (Å²) in [5, 5.41) is 26.6. The van der Waals surface area contributed by atoms with Gasteiger partial charge in [0, 0.05) is 35.0 Å². The quantitative estimate of drug-likeness (QED) is 0.410. The molecule has 0 radical (unpaired) electrons. The van der Waals surface area contributed by atoms with Crippen LogP contribution in [-0.4, -0.2) is 41.8 Å². The third kappa shape index (κ3) is 4.29. The number of ether oxygens (including phenoxy) is 1. The minimum atomic E-state index is -0.598. The van der Waals surface area contributed by atoms with Gasteiger partial charge in [0.05, 0.1) is 30.3 Å². The summed E-state index contributed by atoms with van der Waals surface area (Å²) >= 11 is 0. The van der Waals surface area contributed by atoms with Crippen molar-refractivity contribution in [2.75, 3.05) is 5.73 Å². The van der Waals surface area contributed by atoms with Crippen molar-refractivity contribution in [2.24, 2.45) is 0 Å². The summed E-state index contributed by atoms with van der Waals surface area (Å²) in [6.07, 6.45) is 10.1. The van der Waals surface area contributed by atoms with Gasteiger partial charge in [0.25, 0.3) is 0 Å². The number of aromatic nitrogens is 6. The third-order valence-corrected chi connectivity index (χ3v) is 7.25. The van der Waals surface area contributed by atoms with E-state index in [0.29, 0.717) is 45.9 Å². The van der Waals surface area contributed by atoms with Crippen LogP contribution in [0.1, 0.15) is 56.0 Å². The Bertz CT molecular complexity index is 1460. The molecule has 1 aromatic carbocycles. The number of nitrogens with zero attached hydrogens (tertiary/aromatic N) is 7. The first-order valence-corrected chi connectivity index (χ1v) is 12.3. The number of rotatable bonds is 6. The molecular weight excluding hydrogens is 473 g/mol. The summed E-state index contributed by atoms with van der Waals surface area (Å²) < 4.78 is 22.2. The second-order valence-corrected chi connectivity index (χ2v) is 9.62. The van der Waals surface area contributed by atoms with E-state index in [1.807, 2.05) is 4.68 Å². The lowest BCUT2D eigenvalue weighted by molar-refractivity contribution is 0.226. The number of nitrogens with one attached hydrogen (secondary N) is 1. The highest BCUT2D eigenvalue weighted by atomic mass is 19.1. The monoisotopic (exact) mass is 499 g/mol. The van der Waals surface area contributed by atoms with E-state index in [4.69, 9.17) is 10.5 Å². The molecule has 4 atom stereocenters. The van der Waals surface area contributed by atoms with E-state index in [1.54, 1.807) is 43.8 Å². The zero-order valence-corrected chi connectivity index (χ0v) is 20.3. The second kappa shape index (κ2) is 9.29. The molecule has 188 valence electrons. The molecule has 0 spiro atoms. The molecule has 10 nitrogen and oxygen atoms in total. The summed E-state index contributed by atoms with van der Waals surface area (Å²) in [5.74, 6) is 0.107. The summed E-state index contributed by atoms with van der Waals surface area (Å²) in [6.45, 7) is 1.79. The number of benzene rings is 1. The minimum absolute atomic E-state index is 0.182. The lowest BCUT2D eigenvalue weighted by Gasteiger charge is -2.29. The van der Waals surface area contributed by atoms with Gasteiger partial charge < -0.3 is 15.8 Å². The molecule has 2 saturated heterocycles. The molecule has 5 heterocycles. The average Bonchev–Trinajstić information content (AvgIpc) is 3.65. The molecule has 0 aliphatic carbocycles. The largest absolute Gasteiger partial charge is 0.482 e. The summed E-state index contributed by atoms with van der Waals surface area (Å²) in [4.78, 5) is 5.73. The van der Waals surface area contributed by atoms with Gasteiger partial charge in [-0.25, -0.2) is 9.37 Å². The second-order valence-electron chi connectivity index (χ2n) is 9.62. The van der Waals surface area contributed by atoms with Gasteiger partial charge in [-0.1, -0.05) is 0 Å². The number of pyridine rings is 1. The number of fused-ring (bicyclic) bond motifs is 2. The first-order chi connectivity index (χ1) is 18.0. The van der Waals surface area contributed by atoms with E-state index in [9.17, 15) is 9.65 Å². The average molecular weight is 500 g/mol. The van der Waals surface area contributed by atoms with Gasteiger partial charge in [0.1, 0.15) is 23.7 Å². The highest BCUT2D eigenvalue weighted by molar-refractivity contribution is 5.71. The normalized spacial score (nSPS) is 21.5. The molecule has 0 unspecified atom stereocenters. The predicted octanol–water partition coefficient (Wildman–Crippen LogP) is 3.71. The Labute approximate surface area is 212 Å². The van der Waals surface area contributed by atoms with Crippen molar-refractivity contribution in [2.45, 2.75) is 56.8 Å². The van der Waals surface area contributed by atoms with Crippen molar-refractivity contribution in [3.8, 4) is 28.6 Å². The smallest absolute Gasteiger partial charge is 0.166 e. The lowest BCUT2D eigenvalue weighted by Crippen LogP contribution is -2.39. The van der Waals surface area contributed by atoms with Crippen molar-refractivity contribution in [1.29, 1.82) is 5.26 Å². The molecule has 0 amide bonds. The standard InChI is InChI=1S/C26H26FN9O/c1-15(21-9-17(27)2-5-23(21)36-31-6-7-32-36)37-25-8-16(13-30-26(25)29)22-14-33-35(24(22)12-28)20-10-18-3-4-19(11-20)34-18/h2,5-9,13-15,18-20,34H,3-4,10-11H2,1H3,(H2,29,30)/t15-,18-,19+,20-/m1/s1. The van der Waals surface area contributed by atoms with Crippen LogP contribution in [0, 0.1) is 17.1 Å². The van der Waals surface area contributed by atoms with Crippen LogP contribution in [0.25, 0.3) is 16.8 Å². The fourth-order valence-corrected chi connectivity index (χ4v) is 5.51. The fourth-order valence-electron chi connectivity index (χ4n) is 5.51. The lowest BCUT2D eigenvalue weighted by atomic mass is 9.99. The predicted molar refractivity (Wildman–Crippen MR) is 133 cm³/mol. The van der Waals surface area contributed by atoms with Crippen molar-refractivity contribution in [3.05, 3.63) is 66.1 Å². The fraction of sp³-hybridized carbons (Fsp3) is 0.346. The van der Waals surface area contributed by atoms with Crippen molar-refractivity contribution < 1.29 is 9.13 Å². The number of hydrogen-bond acceptors (Lipinski definition) is 8. The molecule has 2 aliphatic rings. The Morgan fingerprint density at radius 2 is 1.89 bits per heavy atom. The van der Waals surface area contributed by atoms with E-state index < -0.39 is 11.9 Å². The van der Waals surface area contributed by atoms with Gasteiger partial charge in [0.2, 0.25) is 0 Å². The van der Waals surface area contributed by atoms with E-state index in [-0.39, 0.29) is 11.9 Å². The zero-order valence-electron chi connectivity index (χ0n) is 20.3. The number of nitrogens with two attached hydrogens (primary N) is 1. The van der Waals surface area contributed by atoms with Crippen LogP contribution in [0.2, 0.25) is 0 Å². The Hall–Kier alpha value is -4.30. The number of halogens is 1. The van der Waals surface area contributed by atoms with Gasteiger partial charge in [-0.2, -0.15) is 25.4 Å². The van der Waals surface area contributed by atoms with Gasteiger partial charge in [0.15, 0.2) is 11.6 Å². The van der Waals surface area contributed by atoms with Crippen LogP contribution in [0.5, 0.6) is 5.75 Å². The summed E-state index contributed by atoms with van der Waals surface area (Å²) in [6, 6.07) is 9.57. The van der Waals surface area contributed by atoms with Gasteiger partial charge in [-0.3, -0.25) is 4.68 Å². The minimum Gasteiger partial charge on any atom is -0.482 e. The Morgan fingerprint density at radius 1 is 1.14 bits per heavy atom. The molecule has 2 aliphatic heterocycles. The number of anilines is 1. The topological polar surface area (TPSA) is 132 Å². The Kier molecular flexibility index (Phi) is 5.81. The van der Waals surface area contributed by atoms with Crippen LogP contribution >= 0.6 is 0 Å². The van der Waals surface area contributed by atoms with Crippen molar-refractivity contribution in [3.63, 3.8) is 0 Å². The molecule has 3 aromatic heterocycles. The van der Waals surface area contributed by atoms with Gasteiger partial charge in [-0.05, 0) is 56.9 Å². The van der Waals surface area contributed by atoms with Crippen molar-refractivity contribution >= 4 is 5.82 Å². The summed E-state index contributed by atoms with van der Waals surface area (Å²) in [5.41, 5.74) is 9.13. The van der Waals surface area contributed by atoms with Crippen LogP contribution in [0.3, 0.4) is 0 Å². The number of piperidine rings is 1. The highest BCUT2D eigenvalue weighted by Gasteiger charge is 2.35. The number of nitriles is 1. The van der Waals surface area contributed by atoms with E-state index in [0.717, 1.165) is 12.8 Å². The maximum atomic E-state index is 14.2. The third-order valence-electron chi connectivity index (χ3n) is 7.25. The number of hydrogen-bond donors (Lipinski definition) is 2.